The van der Waals surface area contributed by atoms with Crippen LogP contribution in [0, 0.1) is 0 Å². The van der Waals surface area contributed by atoms with Crippen LogP contribution in [0.5, 0.6) is 0 Å². The molecule has 1 aliphatic rings. The van der Waals surface area contributed by atoms with Crippen molar-refractivity contribution in [2.75, 3.05) is 47.1 Å². The van der Waals surface area contributed by atoms with Crippen LogP contribution >= 0.6 is 0 Å². The Morgan fingerprint density at radius 3 is 2.29 bits per heavy atom. The highest BCUT2D eigenvalue weighted by molar-refractivity contribution is 4.87. The zero-order valence-corrected chi connectivity index (χ0v) is 11.3. The number of rotatable bonds is 9. The van der Waals surface area contributed by atoms with Crippen LogP contribution in [0.25, 0.3) is 0 Å². The topological polar surface area (TPSA) is 41.9 Å². The third kappa shape index (κ3) is 5.82. The van der Waals surface area contributed by atoms with Gasteiger partial charge in [0.2, 0.25) is 0 Å². The molecular formula is C13H27NO3. The van der Waals surface area contributed by atoms with E-state index in [1.807, 2.05) is 0 Å². The van der Waals surface area contributed by atoms with Gasteiger partial charge in [-0.05, 0) is 19.3 Å². The van der Waals surface area contributed by atoms with Gasteiger partial charge in [-0.1, -0.05) is 12.8 Å². The molecule has 0 radical (unpaired) electrons. The van der Waals surface area contributed by atoms with Crippen LogP contribution in [-0.2, 0) is 9.47 Å². The second kappa shape index (κ2) is 8.03. The van der Waals surface area contributed by atoms with Crippen molar-refractivity contribution in [1.82, 2.24) is 4.90 Å². The van der Waals surface area contributed by atoms with Crippen molar-refractivity contribution in [3.8, 4) is 0 Å². The highest BCUT2D eigenvalue weighted by Crippen LogP contribution is 2.30. The highest BCUT2D eigenvalue weighted by Gasteiger charge is 2.32. The average molecular weight is 245 g/mol. The van der Waals surface area contributed by atoms with Crippen molar-refractivity contribution in [2.45, 2.75) is 37.7 Å². The first-order valence-electron chi connectivity index (χ1n) is 6.63. The molecule has 0 bridgehead atoms. The lowest BCUT2D eigenvalue weighted by atomic mass is 10.0. The Hall–Kier alpha value is -0.160. The summed E-state index contributed by atoms with van der Waals surface area (Å²) in [5.41, 5.74) is -0.458. The first kappa shape index (κ1) is 14.9. The van der Waals surface area contributed by atoms with Gasteiger partial charge in [0, 0.05) is 40.5 Å². The second-order valence-electron chi connectivity index (χ2n) is 5.05. The van der Waals surface area contributed by atoms with E-state index in [4.69, 9.17) is 9.47 Å². The van der Waals surface area contributed by atoms with E-state index >= 15 is 0 Å². The fraction of sp³-hybridized carbons (Fsp3) is 1.00. The zero-order valence-electron chi connectivity index (χ0n) is 11.3. The number of methoxy groups -OCH3 is 2. The van der Waals surface area contributed by atoms with Gasteiger partial charge >= 0.3 is 0 Å². The lowest BCUT2D eigenvalue weighted by molar-refractivity contribution is 0.00132. The fourth-order valence-corrected chi connectivity index (χ4v) is 2.53. The molecule has 0 aliphatic heterocycles. The molecule has 1 fully saturated rings. The normalized spacial score (nSPS) is 19.1. The van der Waals surface area contributed by atoms with Gasteiger partial charge in [0.25, 0.3) is 0 Å². The molecule has 0 atom stereocenters. The van der Waals surface area contributed by atoms with Crippen LogP contribution in [0.15, 0.2) is 0 Å². The third-order valence-electron chi connectivity index (χ3n) is 3.49. The molecule has 4 nitrogen and oxygen atoms in total. The van der Waals surface area contributed by atoms with Crippen LogP contribution in [0.4, 0.5) is 0 Å². The standard InChI is InChI=1S/C13H27NO3/c1-16-10-5-8-14(9-11-17-2)12-13(15)6-3-4-7-13/h15H,3-12H2,1-2H3. The molecule has 1 rings (SSSR count). The number of hydrogen-bond donors (Lipinski definition) is 1. The van der Waals surface area contributed by atoms with Crippen molar-refractivity contribution in [1.29, 1.82) is 0 Å². The molecule has 4 heteroatoms. The van der Waals surface area contributed by atoms with Crippen molar-refractivity contribution in [3.05, 3.63) is 0 Å². The molecule has 0 spiro atoms. The van der Waals surface area contributed by atoms with Gasteiger partial charge in [-0.15, -0.1) is 0 Å². The Morgan fingerprint density at radius 2 is 1.71 bits per heavy atom. The molecule has 1 saturated carbocycles. The number of aliphatic hydroxyl groups is 1. The van der Waals surface area contributed by atoms with E-state index in [-0.39, 0.29) is 0 Å². The monoisotopic (exact) mass is 245 g/mol. The third-order valence-corrected chi connectivity index (χ3v) is 3.49. The average Bonchev–Trinajstić information content (AvgIpc) is 2.73. The van der Waals surface area contributed by atoms with Crippen molar-refractivity contribution < 1.29 is 14.6 Å². The van der Waals surface area contributed by atoms with E-state index < -0.39 is 5.60 Å². The quantitative estimate of drug-likeness (QED) is 0.621. The summed E-state index contributed by atoms with van der Waals surface area (Å²) < 4.78 is 10.2. The van der Waals surface area contributed by atoms with Crippen LogP contribution in [-0.4, -0.2) is 62.7 Å². The fourth-order valence-electron chi connectivity index (χ4n) is 2.53. The molecule has 0 heterocycles. The maximum absolute atomic E-state index is 10.4. The van der Waals surface area contributed by atoms with Gasteiger partial charge < -0.3 is 14.6 Å². The van der Waals surface area contributed by atoms with Crippen molar-refractivity contribution >= 4 is 0 Å². The molecule has 102 valence electrons. The molecule has 17 heavy (non-hydrogen) atoms. The Balaban J connectivity index is 2.32. The van der Waals surface area contributed by atoms with Crippen LogP contribution in [0.1, 0.15) is 32.1 Å². The predicted molar refractivity (Wildman–Crippen MR) is 68.2 cm³/mol. The minimum absolute atomic E-state index is 0.458. The minimum Gasteiger partial charge on any atom is -0.389 e. The molecule has 0 aromatic rings. The van der Waals surface area contributed by atoms with Crippen LogP contribution in [0.3, 0.4) is 0 Å². The summed E-state index contributed by atoms with van der Waals surface area (Å²) in [7, 11) is 3.45. The number of hydrogen-bond acceptors (Lipinski definition) is 4. The van der Waals surface area contributed by atoms with Gasteiger partial charge in [0.1, 0.15) is 0 Å². The summed E-state index contributed by atoms with van der Waals surface area (Å²) in [6.45, 7) is 4.15. The van der Waals surface area contributed by atoms with Crippen molar-refractivity contribution in [2.24, 2.45) is 0 Å². The molecule has 0 unspecified atom stereocenters. The van der Waals surface area contributed by atoms with E-state index in [1.165, 1.54) is 0 Å². The SMILES string of the molecule is COCCCN(CCOC)CC1(O)CCCC1. The second-order valence-corrected chi connectivity index (χ2v) is 5.05. The van der Waals surface area contributed by atoms with E-state index in [2.05, 4.69) is 4.90 Å². The van der Waals surface area contributed by atoms with E-state index in [1.54, 1.807) is 14.2 Å². The Bertz CT molecular complexity index is 193. The summed E-state index contributed by atoms with van der Waals surface area (Å²) in [6.07, 6.45) is 5.22. The maximum atomic E-state index is 10.4. The molecule has 1 aliphatic carbocycles. The molecular weight excluding hydrogens is 218 g/mol. The lowest BCUT2D eigenvalue weighted by Crippen LogP contribution is -2.43. The lowest BCUT2D eigenvalue weighted by Gasteiger charge is -2.31. The zero-order chi connectivity index (χ0) is 12.6. The summed E-state index contributed by atoms with van der Waals surface area (Å²) in [6, 6.07) is 0. The minimum atomic E-state index is -0.458. The van der Waals surface area contributed by atoms with Gasteiger partial charge in [-0.25, -0.2) is 0 Å². The maximum Gasteiger partial charge on any atom is 0.0774 e. The first-order chi connectivity index (χ1) is 8.20. The summed E-state index contributed by atoms with van der Waals surface area (Å²) in [5, 5.41) is 10.4. The molecule has 0 amide bonds. The Morgan fingerprint density at radius 1 is 1.06 bits per heavy atom. The summed E-state index contributed by atoms with van der Waals surface area (Å²) >= 11 is 0. The Labute approximate surface area is 105 Å². The predicted octanol–water partition coefficient (Wildman–Crippen LogP) is 1.28. The number of nitrogens with zero attached hydrogens (tertiary/aromatic N) is 1. The van der Waals surface area contributed by atoms with E-state index in [9.17, 15) is 5.11 Å². The van der Waals surface area contributed by atoms with Crippen molar-refractivity contribution in [3.63, 3.8) is 0 Å². The van der Waals surface area contributed by atoms with Gasteiger partial charge in [0.05, 0.1) is 12.2 Å². The Kier molecular flexibility index (Phi) is 7.04. The number of ether oxygens (including phenoxy) is 2. The summed E-state index contributed by atoms with van der Waals surface area (Å²) in [5.74, 6) is 0. The summed E-state index contributed by atoms with van der Waals surface area (Å²) in [4.78, 5) is 2.30. The van der Waals surface area contributed by atoms with Gasteiger partial charge in [-0.3, -0.25) is 4.90 Å². The highest BCUT2D eigenvalue weighted by atomic mass is 16.5. The first-order valence-corrected chi connectivity index (χ1v) is 6.63. The van der Waals surface area contributed by atoms with E-state index in [0.29, 0.717) is 0 Å². The smallest absolute Gasteiger partial charge is 0.0774 e. The molecule has 0 aromatic heterocycles. The van der Waals surface area contributed by atoms with E-state index in [0.717, 1.165) is 65.0 Å². The van der Waals surface area contributed by atoms with Crippen LogP contribution < -0.4 is 0 Å². The van der Waals surface area contributed by atoms with Crippen LogP contribution in [0.2, 0.25) is 0 Å². The van der Waals surface area contributed by atoms with Gasteiger partial charge in [-0.2, -0.15) is 0 Å². The van der Waals surface area contributed by atoms with Gasteiger partial charge in [0.15, 0.2) is 0 Å². The largest absolute Gasteiger partial charge is 0.389 e. The molecule has 0 aromatic carbocycles. The molecule has 0 saturated heterocycles. The molecule has 1 N–H and O–H groups in total.